The first-order valence-corrected chi connectivity index (χ1v) is 9.42. The molecule has 0 aliphatic carbocycles. The van der Waals surface area contributed by atoms with Gasteiger partial charge in [-0.15, -0.1) is 0 Å². The van der Waals surface area contributed by atoms with E-state index in [1.165, 1.54) is 5.56 Å². The Morgan fingerprint density at radius 2 is 1.93 bits per heavy atom. The third-order valence-corrected chi connectivity index (χ3v) is 4.89. The quantitative estimate of drug-likeness (QED) is 0.179. The number of benzene rings is 2. The summed E-state index contributed by atoms with van der Waals surface area (Å²) in [6.07, 6.45) is 3.59. The first-order valence-electron chi connectivity index (χ1n) is 9.06. The molecule has 6 heteroatoms. The lowest BCUT2D eigenvalue weighted by atomic mass is 9.86. The molecule has 1 heterocycles. The first kappa shape index (κ1) is 19.3. The second-order valence-electron chi connectivity index (χ2n) is 7.15. The van der Waals surface area contributed by atoms with E-state index >= 15 is 0 Å². The maximum absolute atomic E-state index is 12.1. The molecular formula is C21H24N2O3S. The number of carbonyl (C=O) groups excluding carboxylic acids is 1. The molecule has 3 rings (SSSR count). The lowest BCUT2D eigenvalue weighted by Gasteiger charge is -2.16. The van der Waals surface area contributed by atoms with Gasteiger partial charge in [0.05, 0.1) is 18.3 Å². The zero-order chi connectivity index (χ0) is 19.3. The van der Waals surface area contributed by atoms with E-state index in [1.54, 1.807) is 0 Å². The van der Waals surface area contributed by atoms with Crippen LogP contribution in [0.25, 0.3) is 0 Å². The summed E-state index contributed by atoms with van der Waals surface area (Å²) >= 11 is 3.71. The molecule has 0 spiro atoms. The SMILES string of the molecule is CC1(C)C(=O)Nc2ccc(OC(CCCCc3ccccc3)=NOS)cc21. The van der Waals surface area contributed by atoms with Gasteiger partial charge in [-0.25, -0.2) is 0 Å². The van der Waals surface area contributed by atoms with Crippen LogP contribution in [0.2, 0.25) is 0 Å². The molecule has 1 aliphatic heterocycles. The molecule has 1 aliphatic rings. The topological polar surface area (TPSA) is 59.9 Å². The Morgan fingerprint density at radius 3 is 2.67 bits per heavy atom. The molecule has 0 aromatic heterocycles. The van der Waals surface area contributed by atoms with Gasteiger partial charge in [-0.3, -0.25) is 4.79 Å². The van der Waals surface area contributed by atoms with Crippen molar-refractivity contribution in [1.29, 1.82) is 0 Å². The average Bonchev–Trinajstić information content (AvgIpc) is 2.89. The van der Waals surface area contributed by atoms with Crippen molar-refractivity contribution in [3.8, 4) is 5.75 Å². The predicted molar refractivity (Wildman–Crippen MR) is 110 cm³/mol. The summed E-state index contributed by atoms with van der Waals surface area (Å²) in [5, 5.41) is 6.77. The standard InChI is InChI=1S/C21H24N2O3S/c1-21(2)17-14-16(12-13-18(17)22-20(21)24)25-19(23-26-27)11-7-6-10-15-8-4-3-5-9-15/h3-5,8-9,12-14,27H,6-7,10-11H2,1-2H3,(H,22,24). The Kier molecular flexibility index (Phi) is 6.06. The van der Waals surface area contributed by atoms with Gasteiger partial charge in [0.15, 0.2) is 0 Å². The van der Waals surface area contributed by atoms with Crippen LogP contribution in [0.1, 0.15) is 44.2 Å². The largest absolute Gasteiger partial charge is 0.440 e. The lowest BCUT2D eigenvalue weighted by Crippen LogP contribution is -2.26. The summed E-state index contributed by atoms with van der Waals surface area (Å²) < 4.78 is 10.5. The zero-order valence-corrected chi connectivity index (χ0v) is 16.5. The number of amides is 1. The minimum Gasteiger partial charge on any atom is -0.440 e. The maximum Gasteiger partial charge on any atom is 0.234 e. The summed E-state index contributed by atoms with van der Waals surface area (Å²) in [6, 6.07) is 15.9. The molecule has 1 amide bonds. The summed E-state index contributed by atoms with van der Waals surface area (Å²) in [5.41, 5.74) is 2.48. The normalized spacial score (nSPS) is 15.2. The molecule has 0 atom stereocenters. The lowest BCUT2D eigenvalue weighted by molar-refractivity contribution is -0.119. The predicted octanol–water partition coefficient (Wildman–Crippen LogP) is 4.88. The maximum atomic E-state index is 12.1. The van der Waals surface area contributed by atoms with Gasteiger partial charge in [-0.2, -0.15) is 0 Å². The molecule has 2 aromatic rings. The fourth-order valence-electron chi connectivity index (χ4n) is 3.16. The number of aryl methyl sites for hydroxylation is 1. The van der Waals surface area contributed by atoms with Crippen LogP contribution in [0.3, 0.4) is 0 Å². The number of nitrogens with zero attached hydrogens (tertiary/aromatic N) is 1. The zero-order valence-electron chi connectivity index (χ0n) is 15.6. The van der Waals surface area contributed by atoms with E-state index in [0.717, 1.165) is 30.5 Å². The average molecular weight is 385 g/mol. The molecule has 2 aromatic carbocycles. The Bertz CT molecular complexity index is 835. The van der Waals surface area contributed by atoms with Gasteiger partial charge in [-0.05, 0) is 67.6 Å². The number of thiol groups is 1. The van der Waals surface area contributed by atoms with Gasteiger partial charge in [0, 0.05) is 12.1 Å². The summed E-state index contributed by atoms with van der Waals surface area (Å²) in [7, 11) is 0. The van der Waals surface area contributed by atoms with Crippen LogP contribution in [-0.4, -0.2) is 11.8 Å². The number of fused-ring (bicyclic) bond motifs is 1. The van der Waals surface area contributed by atoms with E-state index < -0.39 is 5.41 Å². The van der Waals surface area contributed by atoms with Gasteiger partial charge >= 0.3 is 0 Å². The fraction of sp³-hybridized carbons (Fsp3) is 0.333. The van der Waals surface area contributed by atoms with Crippen LogP contribution in [0.4, 0.5) is 5.69 Å². The van der Waals surface area contributed by atoms with Crippen molar-refractivity contribution < 1.29 is 13.8 Å². The molecular weight excluding hydrogens is 360 g/mol. The first-order chi connectivity index (χ1) is 13.0. The minimum absolute atomic E-state index is 0.0110. The van der Waals surface area contributed by atoms with Gasteiger partial charge in [0.2, 0.25) is 11.8 Å². The van der Waals surface area contributed by atoms with Gasteiger partial charge in [0.1, 0.15) is 5.75 Å². The van der Waals surface area contributed by atoms with Gasteiger partial charge < -0.3 is 14.3 Å². The minimum atomic E-state index is -0.582. The van der Waals surface area contributed by atoms with Crippen molar-refractivity contribution in [2.45, 2.75) is 44.9 Å². The highest BCUT2D eigenvalue weighted by Crippen LogP contribution is 2.39. The number of unbranched alkanes of at least 4 members (excludes halogenated alkanes) is 1. The number of oxime groups is 1. The van der Waals surface area contributed by atoms with Crippen LogP contribution in [0.15, 0.2) is 53.7 Å². The highest BCUT2D eigenvalue weighted by molar-refractivity contribution is 7.75. The Labute approximate surface area is 165 Å². The number of rotatable bonds is 7. The Hall–Kier alpha value is -2.47. The number of hydrogen-bond donors (Lipinski definition) is 2. The smallest absolute Gasteiger partial charge is 0.234 e. The van der Waals surface area contributed by atoms with Gasteiger partial charge in [-0.1, -0.05) is 30.3 Å². The molecule has 5 nitrogen and oxygen atoms in total. The highest BCUT2D eigenvalue weighted by Gasteiger charge is 2.38. The molecule has 0 saturated carbocycles. The number of nitrogens with one attached hydrogen (secondary N) is 1. The summed E-state index contributed by atoms with van der Waals surface area (Å²) in [4.78, 5) is 12.1. The molecule has 0 fully saturated rings. The van der Waals surface area contributed by atoms with Crippen molar-refractivity contribution >= 4 is 30.4 Å². The van der Waals surface area contributed by atoms with Crippen LogP contribution in [0, 0.1) is 0 Å². The summed E-state index contributed by atoms with van der Waals surface area (Å²) in [6.45, 7) is 3.79. The molecule has 0 unspecified atom stereocenters. The molecule has 1 N–H and O–H groups in total. The van der Waals surface area contributed by atoms with Crippen LogP contribution in [-0.2, 0) is 20.9 Å². The fourth-order valence-corrected chi connectivity index (χ4v) is 3.25. The van der Waals surface area contributed by atoms with Crippen LogP contribution < -0.4 is 10.1 Å². The number of hydrogen-bond acceptors (Lipinski definition) is 5. The summed E-state index contributed by atoms with van der Waals surface area (Å²) in [5.74, 6) is 1.08. The third-order valence-electron chi connectivity index (χ3n) is 4.81. The van der Waals surface area contributed by atoms with E-state index in [2.05, 4.69) is 51.9 Å². The molecule has 0 bridgehead atoms. The number of ether oxygens (including phenoxy) is 1. The third kappa shape index (κ3) is 4.63. The highest BCUT2D eigenvalue weighted by atomic mass is 32.1. The number of carbonyl (C=O) groups is 1. The van der Waals surface area contributed by atoms with Crippen molar-refractivity contribution in [1.82, 2.24) is 0 Å². The molecule has 142 valence electrons. The Balaban J connectivity index is 1.60. The monoisotopic (exact) mass is 384 g/mol. The molecule has 0 saturated heterocycles. The van der Waals surface area contributed by atoms with E-state index in [9.17, 15) is 4.79 Å². The second kappa shape index (κ2) is 8.48. The molecule has 0 radical (unpaired) electrons. The van der Waals surface area contributed by atoms with E-state index in [-0.39, 0.29) is 5.91 Å². The van der Waals surface area contributed by atoms with Crippen LogP contribution >= 0.6 is 12.9 Å². The van der Waals surface area contributed by atoms with E-state index in [4.69, 9.17) is 4.74 Å². The van der Waals surface area contributed by atoms with E-state index in [1.807, 2.05) is 38.1 Å². The van der Waals surface area contributed by atoms with Crippen LogP contribution in [0.5, 0.6) is 5.75 Å². The Morgan fingerprint density at radius 1 is 1.15 bits per heavy atom. The van der Waals surface area contributed by atoms with Crippen molar-refractivity contribution in [2.24, 2.45) is 5.16 Å². The second-order valence-corrected chi connectivity index (χ2v) is 7.31. The molecule has 27 heavy (non-hydrogen) atoms. The number of anilines is 1. The van der Waals surface area contributed by atoms with Crippen molar-refractivity contribution in [3.05, 3.63) is 59.7 Å². The van der Waals surface area contributed by atoms with Crippen molar-refractivity contribution in [3.63, 3.8) is 0 Å². The van der Waals surface area contributed by atoms with Gasteiger partial charge in [0.25, 0.3) is 0 Å². The van der Waals surface area contributed by atoms with Crippen molar-refractivity contribution in [2.75, 3.05) is 5.32 Å². The van der Waals surface area contributed by atoms with E-state index in [0.29, 0.717) is 18.1 Å².